The van der Waals surface area contributed by atoms with E-state index in [1.165, 1.54) is 35.7 Å². The Bertz CT molecular complexity index is 592. The van der Waals surface area contributed by atoms with Gasteiger partial charge in [-0.15, -0.1) is 0 Å². The van der Waals surface area contributed by atoms with E-state index in [4.69, 9.17) is 0 Å². The number of carbonyl (C=O) groups is 1. The predicted octanol–water partition coefficient (Wildman–Crippen LogP) is 0.846. The Kier molecular flexibility index (Phi) is 4.97. The van der Waals surface area contributed by atoms with E-state index in [0.29, 0.717) is 18.7 Å². The summed E-state index contributed by atoms with van der Waals surface area (Å²) in [5.41, 5.74) is 0.335. The highest BCUT2D eigenvalue weighted by Gasteiger charge is 2.31. The van der Waals surface area contributed by atoms with E-state index >= 15 is 0 Å². The summed E-state index contributed by atoms with van der Waals surface area (Å²) in [5, 5.41) is 3.18. The number of carbonyl (C=O) groups excluding carboxylic acids is 1. The summed E-state index contributed by atoms with van der Waals surface area (Å²) in [7, 11) is -2.25. The molecule has 0 saturated carbocycles. The predicted molar refractivity (Wildman–Crippen MR) is 78.6 cm³/mol. The second kappa shape index (κ2) is 6.55. The van der Waals surface area contributed by atoms with Gasteiger partial charge in [-0.05, 0) is 37.2 Å². The topological polar surface area (TPSA) is 75.7 Å². The van der Waals surface area contributed by atoms with E-state index in [9.17, 15) is 13.2 Å². The van der Waals surface area contributed by atoms with Gasteiger partial charge in [0, 0.05) is 19.1 Å². The average molecular weight is 312 g/mol. The summed E-state index contributed by atoms with van der Waals surface area (Å²) in [5.74, 6) is -0.480. The third-order valence-corrected chi connectivity index (χ3v) is 5.68. The minimum Gasteiger partial charge on any atom is -0.465 e. The maximum Gasteiger partial charge on any atom is 0.337 e. The number of ether oxygens (including phenoxy) is 1. The van der Waals surface area contributed by atoms with Crippen LogP contribution in [0.4, 0.5) is 0 Å². The van der Waals surface area contributed by atoms with Crippen LogP contribution in [-0.4, -0.2) is 51.5 Å². The van der Waals surface area contributed by atoms with Crippen molar-refractivity contribution in [3.8, 4) is 0 Å². The highest BCUT2D eigenvalue weighted by atomic mass is 32.2. The van der Waals surface area contributed by atoms with Crippen molar-refractivity contribution in [3.63, 3.8) is 0 Å². The van der Waals surface area contributed by atoms with Gasteiger partial charge in [-0.2, -0.15) is 4.31 Å². The van der Waals surface area contributed by atoms with E-state index in [-0.39, 0.29) is 10.9 Å². The van der Waals surface area contributed by atoms with Crippen LogP contribution in [0.15, 0.2) is 29.2 Å². The maximum absolute atomic E-state index is 12.7. The second-order valence-corrected chi connectivity index (χ2v) is 6.76. The molecule has 1 aromatic carbocycles. The van der Waals surface area contributed by atoms with Crippen molar-refractivity contribution >= 4 is 16.0 Å². The van der Waals surface area contributed by atoms with Crippen LogP contribution in [0.1, 0.15) is 23.7 Å². The molecule has 0 amide bonds. The molecule has 0 radical (unpaired) electrons. The Balaban J connectivity index is 2.27. The highest BCUT2D eigenvalue weighted by Crippen LogP contribution is 2.21. The van der Waals surface area contributed by atoms with Crippen molar-refractivity contribution in [2.75, 3.05) is 26.7 Å². The smallest absolute Gasteiger partial charge is 0.337 e. The standard InChI is InChI=1S/C14H20N2O4S/c1-3-16(12-8-9-15-10-12)21(18,19)13-6-4-11(5-7-13)14(17)20-2/h4-7,12,15H,3,8-10H2,1-2H3. The molecule has 1 N–H and O–H groups in total. The SMILES string of the molecule is CCN(C1CCNC1)S(=O)(=O)c1ccc(C(=O)OC)cc1. The molecule has 1 saturated heterocycles. The molecule has 116 valence electrons. The van der Waals surface area contributed by atoms with Gasteiger partial charge in [0.25, 0.3) is 0 Å². The molecule has 21 heavy (non-hydrogen) atoms. The molecule has 1 aromatic rings. The molecule has 1 aliphatic heterocycles. The number of nitrogens with one attached hydrogen (secondary N) is 1. The molecular formula is C14H20N2O4S. The zero-order valence-corrected chi connectivity index (χ0v) is 13.0. The van der Waals surface area contributed by atoms with Crippen LogP contribution in [0, 0.1) is 0 Å². The van der Waals surface area contributed by atoms with Crippen LogP contribution >= 0.6 is 0 Å². The first-order valence-electron chi connectivity index (χ1n) is 6.91. The Morgan fingerprint density at radius 1 is 1.38 bits per heavy atom. The van der Waals surface area contributed by atoms with E-state index < -0.39 is 16.0 Å². The van der Waals surface area contributed by atoms with Crippen LogP contribution in [0.5, 0.6) is 0 Å². The first-order valence-corrected chi connectivity index (χ1v) is 8.35. The summed E-state index contributed by atoms with van der Waals surface area (Å²) in [4.78, 5) is 11.6. The fraction of sp³-hybridized carbons (Fsp3) is 0.500. The lowest BCUT2D eigenvalue weighted by atomic mass is 10.2. The van der Waals surface area contributed by atoms with Crippen LogP contribution in [0.25, 0.3) is 0 Å². The van der Waals surface area contributed by atoms with Gasteiger partial charge >= 0.3 is 5.97 Å². The Morgan fingerprint density at radius 2 is 2.05 bits per heavy atom. The van der Waals surface area contributed by atoms with Crippen molar-refractivity contribution in [3.05, 3.63) is 29.8 Å². The molecule has 0 aromatic heterocycles. The van der Waals surface area contributed by atoms with Crippen molar-refractivity contribution in [1.29, 1.82) is 0 Å². The normalized spacial score (nSPS) is 18.9. The van der Waals surface area contributed by atoms with Gasteiger partial charge in [-0.3, -0.25) is 0 Å². The molecule has 1 aliphatic rings. The molecular weight excluding hydrogens is 292 g/mol. The number of esters is 1. The van der Waals surface area contributed by atoms with Crippen molar-refractivity contribution in [2.24, 2.45) is 0 Å². The molecule has 1 atom stereocenters. The van der Waals surface area contributed by atoms with E-state index in [1.807, 2.05) is 6.92 Å². The molecule has 1 heterocycles. The number of methoxy groups -OCH3 is 1. The fourth-order valence-corrected chi connectivity index (χ4v) is 4.19. The van der Waals surface area contributed by atoms with Gasteiger partial charge in [0.1, 0.15) is 0 Å². The second-order valence-electron chi connectivity index (χ2n) is 4.87. The lowest BCUT2D eigenvalue weighted by Crippen LogP contribution is -2.41. The molecule has 7 heteroatoms. The fourth-order valence-electron chi connectivity index (χ4n) is 2.53. The molecule has 0 aliphatic carbocycles. The summed E-state index contributed by atoms with van der Waals surface area (Å²) >= 11 is 0. The first-order chi connectivity index (χ1) is 10.0. The van der Waals surface area contributed by atoms with Gasteiger partial charge in [-0.25, -0.2) is 13.2 Å². The van der Waals surface area contributed by atoms with Gasteiger partial charge < -0.3 is 10.1 Å². The summed E-state index contributed by atoms with van der Waals surface area (Å²) < 4.78 is 31.5. The molecule has 6 nitrogen and oxygen atoms in total. The number of nitrogens with zero attached hydrogens (tertiary/aromatic N) is 1. The number of rotatable bonds is 5. The van der Waals surface area contributed by atoms with Crippen LogP contribution in [-0.2, 0) is 14.8 Å². The molecule has 2 rings (SSSR count). The zero-order valence-electron chi connectivity index (χ0n) is 12.2. The Morgan fingerprint density at radius 3 is 2.52 bits per heavy atom. The summed E-state index contributed by atoms with van der Waals surface area (Å²) in [6.45, 7) is 3.76. The van der Waals surface area contributed by atoms with Crippen molar-refractivity contribution in [1.82, 2.24) is 9.62 Å². The molecule has 0 spiro atoms. The van der Waals surface area contributed by atoms with Crippen LogP contribution in [0.3, 0.4) is 0 Å². The van der Waals surface area contributed by atoms with Gasteiger partial charge in [0.05, 0.1) is 17.6 Å². The van der Waals surface area contributed by atoms with Gasteiger partial charge in [0.2, 0.25) is 10.0 Å². The summed E-state index contributed by atoms with van der Waals surface area (Å²) in [6.07, 6.45) is 0.813. The highest BCUT2D eigenvalue weighted by molar-refractivity contribution is 7.89. The first kappa shape index (κ1) is 15.9. The number of hydrogen-bond donors (Lipinski definition) is 1. The lowest BCUT2D eigenvalue weighted by Gasteiger charge is -2.26. The quantitative estimate of drug-likeness (QED) is 0.816. The third-order valence-electron chi connectivity index (χ3n) is 3.64. The molecule has 1 fully saturated rings. The molecule has 0 bridgehead atoms. The number of likely N-dealkylation sites (N-methyl/N-ethyl adjacent to an activating group) is 1. The largest absolute Gasteiger partial charge is 0.465 e. The van der Waals surface area contributed by atoms with Gasteiger partial charge in [0.15, 0.2) is 0 Å². The van der Waals surface area contributed by atoms with Crippen LogP contribution < -0.4 is 5.32 Å². The number of sulfonamides is 1. The van der Waals surface area contributed by atoms with Crippen LogP contribution in [0.2, 0.25) is 0 Å². The van der Waals surface area contributed by atoms with E-state index in [2.05, 4.69) is 10.1 Å². The molecule has 1 unspecified atom stereocenters. The van der Waals surface area contributed by atoms with Crippen molar-refractivity contribution < 1.29 is 17.9 Å². The Hall–Kier alpha value is -1.44. The van der Waals surface area contributed by atoms with E-state index in [1.54, 1.807) is 0 Å². The van der Waals surface area contributed by atoms with E-state index in [0.717, 1.165) is 13.0 Å². The van der Waals surface area contributed by atoms with Gasteiger partial charge in [-0.1, -0.05) is 6.92 Å². The lowest BCUT2D eigenvalue weighted by molar-refractivity contribution is 0.0600. The average Bonchev–Trinajstić information content (AvgIpc) is 3.01. The minimum absolute atomic E-state index is 0.0136. The number of benzene rings is 1. The minimum atomic E-state index is -3.54. The number of hydrogen-bond acceptors (Lipinski definition) is 5. The Labute approximate surface area is 125 Å². The van der Waals surface area contributed by atoms with Crippen molar-refractivity contribution in [2.45, 2.75) is 24.3 Å². The third kappa shape index (κ3) is 3.25. The monoisotopic (exact) mass is 312 g/mol. The zero-order chi connectivity index (χ0) is 15.5. The maximum atomic E-state index is 12.7. The summed E-state index contributed by atoms with van der Waals surface area (Å²) in [6, 6.07) is 5.83.